The van der Waals surface area contributed by atoms with Crippen molar-refractivity contribution in [3.8, 4) is 0 Å². The topological polar surface area (TPSA) is 38.1 Å². The van der Waals surface area contributed by atoms with Crippen LogP contribution in [0.3, 0.4) is 0 Å². The molecule has 1 aromatic heterocycles. The predicted molar refractivity (Wildman–Crippen MR) is 85.5 cm³/mol. The maximum Gasteiger partial charge on any atom is 0.338 e. The van der Waals surface area contributed by atoms with Crippen LogP contribution in [0.1, 0.15) is 11.1 Å². The second-order valence-electron chi connectivity index (χ2n) is 5.35. The Morgan fingerprint density at radius 1 is 0.909 bits per heavy atom. The Bertz CT molecular complexity index is 776. The molecule has 4 nitrogen and oxygen atoms in total. The minimum atomic E-state index is -0.112. The lowest BCUT2D eigenvalue weighted by molar-refractivity contribution is 0.250. The third-order valence-electron chi connectivity index (χ3n) is 4.05. The summed E-state index contributed by atoms with van der Waals surface area (Å²) in [5, 5.41) is 0. The molecule has 0 radical (unpaired) electrons. The zero-order valence-corrected chi connectivity index (χ0v) is 12.0. The van der Waals surface area contributed by atoms with Crippen LogP contribution < -0.4 is 4.90 Å². The minimum absolute atomic E-state index is 0.112. The molecule has 0 fully saturated rings. The Kier molecular flexibility index (Phi) is 3.00. The van der Waals surface area contributed by atoms with Crippen LogP contribution in [-0.2, 0) is 12.8 Å². The fourth-order valence-electron chi connectivity index (χ4n) is 2.97. The van der Waals surface area contributed by atoms with Gasteiger partial charge in [0.25, 0.3) is 0 Å². The largest absolute Gasteiger partial charge is 0.338 e. The molecular formula is C18H15N3O. The van der Waals surface area contributed by atoms with Gasteiger partial charge in [-0.25, -0.2) is 9.78 Å². The smallest absolute Gasteiger partial charge is 0.262 e. The molecule has 0 saturated heterocycles. The van der Waals surface area contributed by atoms with Gasteiger partial charge in [0.2, 0.25) is 0 Å². The zero-order valence-electron chi connectivity index (χ0n) is 12.0. The quantitative estimate of drug-likeness (QED) is 0.631. The Labute approximate surface area is 128 Å². The second kappa shape index (κ2) is 5.15. The molecule has 2 aromatic carbocycles. The second-order valence-corrected chi connectivity index (χ2v) is 5.35. The highest BCUT2D eigenvalue weighted by Crippen LogP contribution is 2.36. The number of nitrogens with zero attached hydrogens (tertiary/aromatic N) is 3. The Morgan fingerprint density at radius 2 is 1.50 bits per heavy atom. The van der Waals surface area contributed by atoms with E-state index in [2.05, 4.69) is 17.1 Å². The third-order valence-corrected chi connectivity index (χ3v) is 4.05. The minimum Gasteiger partial charge on any atom is -0.262 e. The summed E-state index contributed by atoms with van der Waals surface area (Å²) in [5.74, 6) is 0. The highest BCUT2D eigenvalue weighted by Gasteiger charge is 2.26. The van der Waals surface area contributed by atoms with Gasteiger partial charge in [0.15, 0.2) is 0 Å². The summed E-state index contributed by atoms with van der Waals surface area (Å²) in [6.45, 7) is 0. The number of carbonyl (C=O) groups excluding carboxylic acids is 1. The first kappa shape index (κ1) is 12.8. The van der Waals surface area contributed by atoms with E-state index in [1.54, 1.807) is 23.6 Å². The number of fused-ring (bicyclic) bond motifs is 2. The molecule has 4 rings (SSSR count). The van der Waals surface area contributed by atoms with Crippen molar-refractivity contribution in [2.75, 3.05) is 4.90 Å². The molecule has 0 N–H and O–H groups in total. The van der Waals surface area contributed by atoms with Crippen molar-refractivity contribution in [3.63, 3.8) is 0 Å². The number of benzene rings is 2. The fourth-order valence-corrected chi connectivity index (χ4v) is 2.97. The van der Waals surface area contributed by atoms with Crippen molar-refractivity contribution in [3.05, 3.63) is 78.4 Å². The summed E-state index contributed by atoms with van der Waals surface area (Å²) in [7, 11) is 0. The van der Waals surface area contributed by atoms with Crippen LogP contribution in [0.2, 0.25) is 0 Å². The van der Waals surface area contributed by atoms with Crippen LogP contribution in [0.25, 0.3) is 0 Å². The van der Waals surface area contributed by atoms with Crippen LogP contribution in [0, 0.1) is 0 Å². The summed E-state index contributed by atoms with van der Waals surface area (Å²) in [4.78, 5) is 18.8. The van der Waals surface area contributed by atoms with E-state index >= 15 is 0 Å². The van der Waals surface area contributed by atoms with E-state index in [1.807, 2.05) is 36.4 Å². The monoisotopic (exact) mass is 289 g/mol. The van der Waals surface area contributed by atoms with Gasteiger partial charge in [0.05, 0.1) is 11.4 Å². The molecule has 108 valence electrons. The first-order chi connectivity index (χ1) is 10.8. The number of aromatic nitrogens is 2. The predicted octanol–water partition coefficient (Wildman–Crippen LogP) is 3.79. The number of anilines is 2. The highest BCUT2D eigenvalue weighted by atomic mass is 16.2. The lowest BCUT2D eigenvalue weighted by atomic mass is 10.0. The molecule has 4 heteroatoms. The van der Waals surface area contributed by atoms with Gasteiger partial charge in [-0.2, -0.15) is 0 Å². The van der Waals surface area contributed by atoms with Crippen molar-refractivity contribution in [1.82, 2.24) is 9.55 Å². The Hall–Kier alpha value is -2.88. The molecule has 0 unspecified atom stereocenters. The molecule has 1 aliphatic heterocycles. The summed E-state index contributed by atoms with van der Waals surface area (Å²) in [6, 6.07) is 16.1. The molecule has 3 aromatic rings. The fraction of sp³-hybridized carbons (Fsp3) is 0.111. The van der Waals surface area contributed by atoms with Gasteiger partial charge in [-0.1, -0.05) is 36.4 Å². The van der Waals surface area contributed by atoms with Crippen LogP contribution >= 0.6 is 0 Å². The molecule has 0 atom stereocenters. The first-order valence-corrected chi connectivity index (χ1v) is 7.33. The van der Waals surface area contributed by atoms with Gasteiger partial charge in [0.1, 0.15) is 6.33 Å². The van der Waals surface area contributed by atoms with Crippen LogP contribution in [0.4, 0.5) is 16.2 Å². The molecule has 1 aliphatic rings. The van der Waals surface area contributed by atoms with Crippen LogP contribution in [-0.4, -0.2) is 15.6 Å². The average Bonchev–Trinajstić information content (AvgIpc) is 3.04. The van der Waals surface area contributed by atoms with E-state index in [1.165, 1.54) is 15.7 Å². The van der Waals surface area contributed by atoms with Gasteiger partial charge in [-0.3, -0.25) is 9.47 Å². The van der Waals surface area contributed by atoms with Gasteiger partial charge in [-0.15, -0.1) is 0 Å². The van der Waals surface area contributed by atoms with Crippen molar-refractivity contribution < 1.29 is 4.79 Å². The summed E-state index contributed by atoms with van der Waals surface area (Å²) in [5.41, 5.74) is 4.27. The van der Waals surface area contributed by atoms with Gasteiger partial charge >= 0.3 is 6.03 Å². The van der Waals surface area contributed by atoms with E-state index in [0.29, 0.717) is 0 Å². The Balaban J connectivity index is 1.93. The summed E-state index contributed by atoms with van der Waals surface area (Å²) >= 11 is 0. The standard InChI is InChI=1S/C18H15N3O/c22-18(20-12-11-19-13-20)21-16-7-3-1-5-14(16)9-10-15-6-2-4-8-17(15)21/h1-8,11-13H,9-10H2. The van der Waals surface area contributed by atoms with Gasteiger partial charge in [-0.05, 0) is 36.1 Å². The van der Waals surface area contributed by atoms with E-state index < -0.39 is 0 Å². The molecule has 0 aliphatic carbocycles. The maximum atomic E-state index is 13.0. The number of hydrogen-bond acceptors (Lipinski definition) is 2. The summed E-state index contributed by atoms with van der Waals surface area (Å²) < 4.78 is 1.51. The first-order valence-electron chi connectivity index (χ1n) is 7.33. The molecule has 0 spiro atoms. The molecular weight excluding hydrogens is 274 g/mol. The van der Waals surface area contributed by atoms with E-state index in [9.17, 15) is 4.79 Å². The number of amides is 1. The number of carbonyl (C=O) groups is 1. The van der Waals surface area contributed by atoms with Crippen molar-refractivity contribution in [2.45, 2.75) is 12.8 Å². The maximum absolute atomic E-state index is 13.0. The van der Waals surface area contributed by atoms with Crippen LogP contribution in [0.15, 0.2) is 67.3 Å². The number of hydrogen-bond donors (Lipinski definition) is 0. The zero-order chi connectivity index (χ0) is 14.9. The van der Waals surface area contributed by atoms with E-state index in [0.717, 1.165) is 24.2 Å². The van der Waals surface area contributed by atoms with E-state index in [-0.39, 0.29) is 6.03 Å². The van der Waals surface area contributed by atoms with Crippen LogP contribution in [0.5, 0.6) is 0 Å². The number of aryl methyl sites for hydroxylation is 2. The highest BCUT2D eigenvalue weighted by molar-refractivity contribution is 6.02. The lowest BCUT2D eigenvalue weighted by Gasteiger charge is -2.24. The lowest BCUT2D eigenvalue weighted by Crippen LogP contribution is -2.30. The van der Waals surface area contributed by atoms with E-state index in [4.69, 9.17) is 0 Å². The third kappa shape index (κ3) is 2.00. The average molecular weight is 289 g/mol. The molecule has 22 heavy (non-hydrogen) atoms. The Morgan fingerprint density at radius 3 is 2.05 bits per heavy atom. The molecule has 0 saturated carbocycles. The van der Waals surface area contributed by atoms with Crippen molar-refractivity contribution in [2.24, 2.45) is 0 Å². The number of imidazole rings is 1. The number of rotatable bonds is 0. The molecule has 2 heterocycles. The van der Waals surface area contributed by atoms with Crippen molar-refractivity contribution in [1.29, 1.82) is 0 Å². The van der Waals surface area contributed by atoms with Gasteiger partial charge in [0, 0.05) is 12.4 Å². The molecule has 1 amide bonds. The molecule has 0 bridgehead atoms. The SMILES string of the molecule is O=C(N1c2ccccc2CCc2ccccc21)n1ccnc1. The van der Waals surface area contributed by atoms with Gasteiger partial charge < -0.3 is 0 Å². The van der Waals surface area contributed by atoms with Crippen molar-refractivity contribution >= 4 is 17.4 Å². The summed E-state index contributed by atoms with van der Waals surface area (Å²) in [6.07, 6.45) is 6.70. The number of para-hydroxylation sites is 2. The normalized spacial score (nSPS) is 13.2.